The first-order valence-corrected chi connectivity index (χ1v) is 8.43. The van der Waals surface area contributed by atoms with E-state index in [2.05, 4.69) is 37.2 Å². The predicted molar refractivity (Wildman–Crippen MR) is 93.3 cm³/mol. The van der Waals surface area contributed by atoms with Crippen molar-refractivity contribution >= 4 is 65.6 Å². The highest BCUT2D eigenvalue weighted by Crippen LogP contribution is 2.34. The number of amides is 1. The number of anilines is 1. The lowest BCUT2D eigenvalue weighted by Gasteiger charge is -2.08. The van der Waals surface area contributed by atoms with E-state index in [0.29, 0.717) is 16.0 Å². The Hall–Kier alpha value is -1.37. The van der Waals surface area contributed by atoms with Crippen LogP contribution in [0.15, 0.2) is 50.7 Å². The second kappa shape index (κ2) is 5.79. The maximum Gasteiger partial charge on any atom is 0.265 e. The van der Waals surface area contributed by atoms with Crippen molar-refractivity contribution < 1.29 is 9.90 Å². The van der Waals surface area contributed by atoms with E-state index < -0.39 is 0 Å². The molecule has 0 aliphatic carbocycles. The number of aromatic hydroxyl groups is 1. The van der Waals surface area contributed by atoms with E-state index in [-0.39, 0.29) is 11.7 Å². The number of hydrogen-bond acceptors (Lipinski definition) is 3. The molecule has 1 aromatic heterocycles. The number of rotatable bonds is 2. The Balaban J connectivity index is 1.98. The van der Waals surface area contributed by atoms with Gasteiger partial charge in [0.1, 0.15) is 5.75 Å². The number of hydrogen-bond donors (Lipinski definition) is 2. The van der Waals surface area contributed by atoms with E-state index in [4.69, 9.17) is 0 Å². The van der Waals surface area contributed by atoms with Crippen LogP contribution in [0.5, 0.6) is 5.75 Å². The van der Waals surface area contributed by atoms with Crippen molar-refractivity contribution in [2.75, 3.05) is 5.32 Å². The second-order valence-electron chi connectivity index (χ2n) is 4.36. The highest BCUT2D eigenvalue weighted by molar-refractivity contribution is 9.13. The fourth-order valence-electron chi connectivity index (χ4n) is 2.04. The Bertz CT molecular complexity index is 825. The van der Waals surface area contributed by atoms with Crippen molar-refractivity contribution in [3.05, 3.63) is 55.6 Å². The minimum atomic E-state index is -0.178. The fraction of sp³-hybridized carbons (Fsp3) is 0. The van der Waals surface area contributed by atoms with E-state index in [1.807, 2.05) is 18.2 Å². The van der Waals surface area contributed by atoms with Crippen molar-refractivity contribution in [2.24, 2.45) is 0 Å². The number of phenolic OH excluding ortho intramolecular Hbond substituents is 1. The summed E-state index contributed by atoms with van der Waals surface area (Å²) in [6.07, 6.45) is 0. The SMILES string of the molecule is O=C(Nc1cccc2c(O)cccc12)c1cc(Br)c(Br)s1. The topological polar surface area (TPSA) is 49.3 Å². The third kappa shape index (κ3) is 2.84. The number of halogens is 2. The summed E-state index contributed by atoms with van der Waals surface area (Å²) in [6, 6.07) is 12.5. The van der Waals surface area contributed by atoms with E-state index in [1.54, 1.807) is 24.3 Å². The zero-order chi connectivity index (χ0) is 15.0. The first-order valence-electron chi connectivity index (χ1n) is 6.03. The van der Waals surface area contributed by atoms with Crippen LogP contribution in [-0.4, -0.2) is 11.0 Å². The molecule has 3 nitrogen and oxygen atoms in total. The molecule has 0 atom stereocenters. The molecule has 2 N–H and O–H groups in total. The molecule has 0 aliphatic rings. The number of benzene rings is 2. The molecule has 106 valence electrons. The molecule has 6 heteroatoms. The monoisotopic (exact) mass is 425 g/mol. The van der Waals surface area contributed by atoms with Crippen molar-refractivity contribution in [1.29, 1.82) is 0 Å². The number of carbonyl (C=O) groups excluding carboxylic acids is 1. The van der Waals surface area contributed by atoms with Gasteiger partial charge in [-0.05, 0) is 50.1 Å². The highest BCUT2D eigenvalue weighted by atomic mass is 79.9. The van der Waals surface area contributed by atoms with Gasteiger partial charge in [0.05, 0.1) is 8.66 Å². The van der Waals surface area contributed by atoms with Crippen molar-refractivity contribution in [3.8, 4) is 5.75 Å². The molecule has 0 radical (unpaired) electrons. The molecule has 1 amide bonds. The Kier molecular flexibility index (Phi) is 4.01. The normalized spacial score (nSPS) is 10.8. The Morgan fingerprint density at radius 2 is 1.81 bits per heavy atom. The summed E-state index contributed by atoms with van der Waals surface area (Å²) in [7, 11) is 0. The Morgan fingerprint density at radius 3 is 2.52 bits per heavy atom. The van der Waals surface area contributed by atoms with Crippen LogP contribution in [0.4, 0.5) is 5.69 Å². The van der Waals surface area contributed by atoms with Gasteiger partial charge in [0.25, 0.3) is 5.91 Å². The standard InChI is InChI=1S/C15H9Br2NO2S/c16-10-7-13(21-14(10)17)15(20)18-11-5-1-4-9-8(11)3-2-6-12(9)19/h1-7,19H,(H,18,20). The summed E-state index contributed by atoms with van der Waals surface area (Å²) in [4.78, 5) is 12.9. The van der Waals surface area contributed by atoms with Crippen LogP contribution < -0.4 is 5.32 Å². The van der Waals surface area contributed by atoms with Crippen LogP contribution in [0.1, 0.15) is 9.67 Å². The van der Waals surface area contributed by atoms with E-state index in [9.17, 15) is 9.90 Å². The number of phenols is 1. The molecular weight excluding hydrogens is 418 g/mol. The van der Waals surface area contributed by atoms with Crippen LogP contribution in [0.2, 0.25) is 0 Å². The van der Waals surface area contributed by atoms with E-state index in [0.717, 1.165) is 13.6 Å². The summed E-state index contributed by atoms with van der Waals surface area (Å²) in [5, 5.41) is 14.3. The maximum absolute atomic E-state index is 12.3. The number of nitrogens with one attached hydrogen (secondary N) is 1. The van der Waals surface area contributed by atoms with Crippen molar-refractivity contribution in [2.45, 2.75) is 0 Å². The van der Waals surface area contributed by atoms with Crippen LogP contribution in [0.25, 0.3) is 10.8 Å². The zero-order valence-electron chi connectivity index (χ0n) is 10.6. The van der Waals surface area contributed by atoms with Gasteiger partial charge in [0.15, 0.2) is 0 Å². The van der Waals surface area contributed by atoms with Crippen LogP contribution in [0, 0.1) is 0 Å². The number of fused-ring (bicyclic) bond motifs is 1. The molecule has 3 rings (SSSR count). The van der Waals surface area contributed by atoms with Crippen LogP contribution >= 0.6 is 43.2 Å². The average molecular weight is 427 g/mol. The molecule has 2 aromatic carbocycles. The van der Waals surface area contributed by atoms with Crippen LogP contribution in [-0.2, 0) is 0 Å². The number of carbonyl (C=O) groups is 1. The molecular formula is C15H9Br2NO2S. The minimum absolute atomic E-state index is 0.178. The third-order valence-corrected chi connectivity index (χ3v) is 6.27. The van der Waals surface area contributed by atoms with Gasteiger partial charge < -0.3 is 10.4 Å². The first kappa shape index (κ1) is 14.6. The lowest BCUT2D eigenvalue weighted by atomic mass is 10.1. The first-order chi connectivity index (χ1) is 10.1. The summed E-state index contributed by atoms with van der Waals surface area (Å²) in [6.45, 7) is 0. The molecule has 0 spiro atoms. The molecule has 0 aliphatic heterocycles. The molecule has 3 aromatic rings. The Labute approximate surface area is 141 Å². The quantitative estimate of drug-likeness (QED) is 0.577. The molecule has 0 bridgehead atoms. The van der Waals surface area contributed by atoms with Gasteiger partial charge in [0, 0.05) is 20.9 Å². The molecule has 0 saturated carbocycles. The highest BCUT2D eigenvalue weighted by Gasteiger charge is 2.13. The second-order valence-corrected chi connectivity index (χ2v) is 7.59. The molecule has 0 unspecified atom stereocenters. The number of thiophene rings is 1. The van der Waals surface area contributed by atoms with Gasteiger partial charge in [-0.1, -0.05) is 24.3 Å². The molecule has 1 heterocycles. The summed E-state index contributed by atoms with van der Waals surface area (Å²) < 4.78 is 1.73. The van der Waals surface area contributed by atoms with Gasteiger partial charge in [-0.2, -0.15) is 0 Å². The fourth-order valence-corrected chi connectivity index (χ4v) is 3.98. The predicted octanol–water partition coefficient (Wildman–Crippen LogP) is 5.38. The van der Waals surface area contributed by atoms with Gasteiger partial charge in [-0.3, -0.25) is 4.79 Å². The largest absolute Gasteiger partial charge is 0.507 e. The van der Waals surface area contributed by atoms with Gasteiger partial charge >= 0.3 is 0 Å². The Morgan fingerprint density at radius 1 is 1.10 bits per heavy atom. The van der Waals surface area contributed by atoms with E-state index >= 15 is 0 Å². The molecule has 0 fully saturated rings. The minimum Gasteiger partial charge on any atom is -0.507 e. The lowest BCUT2D eigenvalue weighted by Crippen LogP contribution is -2.10. The van der Waals surface area contributed by atoms with E-state index in [1.165, 1.54) is 11.3 Å². The van der Waals surface area contributed by atoms with Crippen molar-refractivity contribution in [3.63, 3.8) is 0 Å². The summed E-state index contributed by atoms with van der Waals surface area (Å²) in [5.74, 6) is 0.0208. The molecule has 21 heavy (non-hydrogen) atoms. The van der Waals surface area contributed by atoms with Gasteiger partial charge in [-0.15, -0.1) is 11.3 Å². The third-order valence-electron chi connectivity index (χ3n) is 3.02. The van der Waals surface area contributed by atoms with Gasteiger partial charge in [0.2, 0.25) is 0 Å². The van der Waals surface area contributed by atoms with Crippen LogP contribution in [0.3, 0.4) is 0 Å². The maximum atomic E-state index is 12.3. The average Bonchev–Trinajstić information content (AvgIpc) is 2.80. The van der Waals surface area contributed by atoms with Crippen molar-refractivity contribution in [1.82, 2.24) is 0 Å². The lowest BCUT2D eigenvalue weighted by molar-refractivity contribution is 0.103. The summed E-state index contributed by atoms with van der Waals surface area (Å²) >= 11 is 8.11. The molecule has 0 saturated heterocycles. The van der Waals surface area contributed by atoms with Gasteiger partial charge in [-0.25, -0.2) is 0 Å². The smallest absolute Gasteiger partial charge is 0.265 e. The summed E-state index contributed by atoms with van der Waals surface area (Å²) in [5.41, 5.74) is 0.675. The zero-order valence-corrected chi connectivity index (χ0v) is 14.5.